The van der Waals surface area contributed by atoms with E-state index in [1.807, 2.05) is 62.8 Å². The lowest BCUT2D eigenvalue weighted by atomic mass is 10.0. The van der Waals surface area contributed by atoms with Gasteiger partial charge in [-0.25, -0.2) is 9.67 Å². The summed E-state index contributed by atoms with van der Waals surface area (Å²) in [5.41, 5.74) is 5.78. The Balaban J connectivity index is 1.63. The van der Waals surface area contributed by atoms with Crippen LogP contribution in [0.15, 0.2) is 42.6 Å². The molecule has 1 amide bonds. The Hall–Kier alpha value is -4.15. The molecule has 2 aromatic heterocycles. The number of aromatic nitrogens is 4. The third-order valence-electron chi connectivity index (χ3n) is 6.20. The molecule has 38 heavy (non-hydrogen) atoms. The van der Waals surface area contributed by atoms with Gasteiger partial charge in [-0.1, -0.05) is 31.2 Å². The molecule has 0 aliphatic carbocycles. The molecule has 0 fully saturated rings. The molecule has 0 saturated carbocycles. The second-order valence-electron chi connectivity index (χ2n) is 9.35. The molecule has 3 N–H and O–H groups in total. The van der Waals surface area contributed by atoms with Gasteiger partial charge in [-0.3, -0.25) is 4.79 Å². The Labute approximate surface area is 218 Å². The van der Waals surface area contributed by atoms with Crippen molar-refractivity contribution in [2.24, 2.45) is 0 Å². The largest absolute Gasteiger partial charge is 0.471 e. The number of nitrogens with one attached hydrogen (secondary N) is 3. The van der Waals surface area contributed by atoms with Crippen LogP contribution in [0.2, 0.25) is 0 Å². The Kier molecular flexibility index (Phi) is 7.56. The molecule has 0 bridgehead atoms. The predicted octanol–water partition coefficient (Wildman–Crippen LogP) is 6.25. The molecular weight excluding hydrogens is 495 g/mol. The van der Waals surface area contributed by atoms with Crippen LogP contribution >= 0.6 is 0 Å². The average molecular weight is 526 g/mol. The molecule has 8 nitrogen and oxygen atoms in total. The van der Waals surface area contributed by atoms with E-state index >= 15 is 0 Å². The zero-order valence-electron chi connectivity index (χ0n) is 21.9. The number of alkyl halides is 3. The average Bonchev–Trinajstić information content (AvgIpc) is 3.22. The third kappa shape index (κ3) is 5.71. The minimum Gasteiger partial charge on any atom is -0.344 e. The highest BCUT2D eigenvalue weighted by Crippen LogP contribution is 2.30. The van der Waals surface area contributed by atoms with E-state index in [2.05, 4.69) is 15.6 Å². The minimum absolute atomic E-state index is 0.0291. The van der Waals surface area contributed by atoms with E-state index in [4.69, 9.17) is 10.1 Å². The molecule has 2 heterocycles. The van der Waals surface area contributed by atoms with Crippen LogP contribution in [0, 0.1) is 13.8 Å². The highest BCUT2D eigenvalue weighted by Gasteiger charge is 2.38. The zero-order chi connectivity index (χ0) is 27.6. The van der Waals surface area contributed by atoms with Crippen molar-refractivity contribution in [1.29, 1.82) is 0 Å². The first-order valence-electron chi connectivity index (χ1n) is 12.3. The van der Waals surface area contributed by atoms with Crippen molar-refractivity contribution in [1.82, 2.24) is 25.1 Å². The van der Waals surface area contributed by atoms with Crippen molar-refractivity contribution >= 4 is 40.1 Å². The number of aryl methyl sites for hydroxylation is 3. The molecule has 0 unspecified atom stereocenters. The van der Waals surface area contributed by atoms with Crippen LogP contribution < -0.4 is 16.0 Å². The molecule has 4 rings (SSSR count). The summed E-state index contributed by atoms with van der Waals surface area (Å²) >= 11 is 0. The van der Waals surface area contributed by atoms with E-state index in [0.29, 0.717) is 35.1 Å². The second kappa shape index (κ2) is 10.7. The number of nitrogens with zero attached hydrogens (tertiary/aromatic N) is 4. The molecule has 0 spiro atoms. The van der Waals surface area contributed by atoms with Crippen molar-refractivity contribution in [3.05, 3.63) is 64.8 Å². The minimum atomic E-state index is -4.93. The van der Waals surface area contributed by atoms with Crippen LogP contribution in [0.4, 0.5) is 36.3 Å². The number of carbonyl (C=O) groups excluding carboxylic acids is 1. The number of amides is 1. The van der Waals surface area contributed by atoms with Crippen LogP contribution in [0.3, 0.4) is 0 Å². The fraction of sp³-hybridized carbons (Fsp3) is 0.333. The molecule has 0 atom stereocenters. The van der Waals surface area contributed by atoms with Gasteiger partial charge >= 0.3 is 12.1 Å². The fourth-order valence-electron chi connectivity index (χ4n) is 4.18. The highest BCUT2D eigenvalue weighted by molar-refractivity contribution is 5.90. The van der Waals surface area contributed by atoms with Gasteiger partial charge in [0.25, 0.3) is 0 Å². The summed E-state index contributed by atoms with van der Waals surface area (Å²) in [5.74, 6) is -1.01. The quantitative estimate of drug-likeness (QED) is 0.252. The molecule has 0 saturated heterocycles. The predicted molar refractivity (Wildman–Crippen MR) is 142 cm³/mol. The van der Waals surface area contributed by atoms with Crippen molar-refractivity contribution in [3.8, 4) is 0 Å². The molecule has 0 aliphatic heterocycles. The van der Waals surface area contributed by atoms with Gasteiger partial charge in [0.05, 0.1) is 5.39 Å². The van der Waals surface area contributed by atoms with Crippen LogP contribution in [0.1, 0.15) is 49.1 Å². The summed E-state index contributed by atoms with van der Waals surface area (Å²) < 4.78 is 39.7. The summed E-state index contributed by atoms with van der Waals surface area (Å²) in [5, 5.41) is 14.0. The lowest BCUT2D eigenvalue weighted by Crippen LogP contribution is -2.36. The number of para-hydroxylation sites is 1. The second-order valence-corrected chi connectivity index (χ2v) is 9.35. The first-order chi connectivity index (χ1) is 18.0. The maximum Gasteiger partial charge on any atom is 0.471 e. The summed E-state index contributed by atoms with van der Waals surface area (Å²) in [6, 6.07) is 11.4. The van der Waals surface area contributed by atoms with Crippen molar-refractivity contribution in [3.63, 3.8) is 0 Å². The molecule has 2 aromatic carbocycles. The maximum absolute atomic E-state index is 12.6. The van der Waals surface area contributed by atoms with Gasteiger partial charge in [0, 0.05) is 30.2 Å². The number of carbonyl (C=O) groups is 1. The van der Waals surface area contributed by atoms with E-state index in [-0.39, 0.29) is 12.6 Å². The number of hydrogen-bond acceptors (Lipinski definition) is 6. The Morgan fingerprint density at radius 2 is 1.76 bits per heavy atom. The van der Waals surface area contributed by atoms with Gasteiger partial charge in [-0.2, -0.15) is 23.3 Å². The van der Waals surface area contributed by atoms with E-state index in [0.717, 1.165) is 27.8 Å². The first-order valence-corrected chi connectivity index (χ1v) is 12.3. The van der Waals surface area contributed by atoms with Gasteiger partial charge in [-0.05, 0) is 68.5 Å². The van der Waals surface area contributed by atoms with Crippen LogP contribution in [-0.2, 0) is 17.8 Å². The van der Waals surface area contributed by atoms with Gasteiger partial charge in [0.2, 0.25) is 5.95 Å². The molecule has 11 heteroatoms. The van der Waals surface area contributed by atoms with Crippen LogP contribution in [0.25, 0.3) is 11.0 Å². The van der Waals surface area contributed by atoms with Gasteiger partial charge in [0.15, 0.2) is 11.5 Å². The smallest absolute Gasteiger partial charge is 0.344 e. The van der Waals surface area contributed by atoms with E-state index in [1.54, 1.807) is 24.4 Å². The lowest BCUT2D eigenvalue weighted by Gasteiger charge is -2.13. The number of anilines is 4. The molecule has 200 valence electrons. The number of hydrogen-bond donors (Lipinski definition) is 3. The highest BCUT2D eigenvalue weighted by atomic mass is 19.4. The van der Waals surface area contributed by atoms with Gasteiger partial charge < -0.3 is 16.0 Å². The molecule has 4 aromatic rings. The monoisotopic (exact) mass is 525 g/mol. The number of rotatable bonds is 8. The number of halogens is 3. The Bertz CT molecular complexity index is 1460. The SMILES string of the molecule is CCc1ccc(Nc2ncc3c(Nc4c(C)cccc4C)nn(C(C)C)c3n2)cc1CNC(=O)C(F)(F)F. The van der Waals surface area contributed by atoms with Crippen LogP contribution in [0.5, 0.6) is 0 Å². The molecule has 0 aliphatic rings. The summed E-state index contributed by atoms with van der Waals surface area (Å²) in [7, 11) is 0. The Morgan fingerprint density at radius 1 is 1.05 bits per heavy atom. The lowest BCUT2D eigenvalue weighted by molar-refractivity contribution is -0.173. The Morgan fingerprint density at radius 3 is 2.39 bits per heavy atom. The van der Waals surface area contributed by atoms with Crippen molar-refractivity contribution in [2.75, 3.05) is 10.6 Å². The van der Waals surface area contributed by atoms with E-state index in [1.165, 1.54) is 0 Å². The molecule has 0 radical (unpaired) electrons. The van der Waals surface area contributed by atoms with E-state index in [9.17, 15) is 18.0 Å². The van der Waals surface area contributed by atoms with E-state index < -0.39 is 12.1 Å². The third-order valence-corrected chi connectivity index (χ3v) is 6.20. The van der Waals surface area contributed by atoms with Gasteiger partial charge in [0.1, 0.15) is 0 Å². The fourth-order valence-corrected chi connectivity index (χ4v) is 4.18. The van der Waals surface area contributed by atoms with Crippen molar-refractivity contribution in [2.45, 2.75) is 59.8 Å². The van der Waals surface area contributed by atoms with Crippen LogP contribution in [-0.4, -0.2) is 31.8 Å². The van der Waals surface area contributed by atoms with Gasteiger partial charge in [-0.15, -0.1) is 0 Å². The first kappa shape index (κ1) is 26.9. The zero-order valence-corrected chi connectivity index (χ0v) is 21.9. The summed E-state index contributed by atoms with van der Waals surface area (Å²) in [6.07, 6.45) is -2.64. The summed E-state index contributed by atoms with van der Waals surface area (Å²) in [4.78, 5) is 20.5. The molecular formula is C27H30F3N7O. The maximum atomic E-state index is 12.6. The number of benzene rings is 2. The standard InChI is InChI=1S/C27H30F3N7O/c1-6-18-10-11-20(12-19(18)13-31-25(38)27(28,29)30)33-26-32-14-21-23(36-37(15(2)3)24(21)35-26)34-22-16(4)8-7-9-17(22)5/h7-12,14-15H,6,13H2,1-5H3,(H,31,38)(H,34,36)(H,32,33,35). The number of fused-ring (bicyclic) bond motifs is 1. The summed E-state index contributed by atoms with van der Waals surface area (Å²) in [6.45, 7) is 9.73. The topological polar surface area (TPSA) is 96.8 Å². The van der Waals surface area contributed by atoms with Crippen molar-refractivity contribution < 1.29 is 18.0 Å². The normalized spacial score (nSPS) is 11.7.